The van der Waals surface area contributed by atoms with Gasteiger partial charge in [0, 0.05) is 17.1 Å². The maximum atomic E-state index is 13.5. The van der Waals surface area contributed by atoms with E-state index >= 15 is 0 Å². The van der Waals surface area contributed by atoms with Gasteiger partial charge in [-0.25, -0.2) is 12.9 Å². The molecular formula is C28H30N4O2S. The maximum absolute atomic E-state index is 13.5. The van der Waals surface area contributed by atoms with E-state index in [0.29, 0.717) is 17.0 Å². The summed E-state index contributed by atoms with van der Waals surface area (Å²) in [5.41, 5.74) is 2.66. The Hall–Kier alpha value is -2.93. The largest absolute Gasteiger partial charge is 0.381 e. The van der Waals surface area contributed by atoms with E-state index < -0.39 is 9.84 Å². The molecule has 7 heteroatoms. The van der Waals surface area contributed by atoms with Gasteiger partial charge in [0.2, 0.25) is 14.9 Å². The van der Waals surface area contributed by atoms with Crippen LogP contribution in [-0.4, -0.2) is 29.3 Å². The van der Waals surface area contributed by atoms with E-state index in [1.54, 1.807) is 28.8 Å². The van der Waals surface area contributed by atoms with Crippen LogP contribution in [0.5, 0.6) is 0 Å². The molecular weight excluding hydrogens is 456 g/mol. The van der Waals surface area contributed by atoms with Gasteiger partial charge in [-0.05, 0) is 92.9 Å². The van der Waals surface area contributed by atoms with Crippen molar-refractivity contribution in [2.45, 2.75) is 61.4 Å². The van der Waals surface area contributed by atoms with Gasteiger partial charge in [-0.15, -0.1) is 5.10 Å². The van der Waals surface area contributed by atoms with E-state index in [-0.39, 0.29) is 9.92 Å². The number of nitrogens with one attached hydrogen (secondary N) is 1. The monoisotopic (exact) mass is 486 g/mol. The molecule has 4 fully saturated rings. The normalized spacial score (nSPS) is 28.5. The molecule has 4 bridgehead atoms. The summed E-state index contributed by atoms with van der Waals surface area (Å²) < 4.78 is 28.6. The van der Waals surface area contributed by atoms with Crippen LogP contribution < -0.4 is 5.32 Å². The molecule has 0 saturated heterocycles. The first kappa shape index (κ1) is 21.4. The molecule has 0 amide bonds. The zero-order chi connectivity index (χ0) is 23.8. The average Bonchev–Trinajstić information content (AvgIpc) is 3.29. The number of aromatic nitrogens is 3. The van der Waals surface area contributed by atoms with Gasteiger partial charge in [-0.1, -0.05) is 41.6 Å². The highest BCUT2D eigenvalue weighted by Crippen LogP contribution is 2.61. The zero-order valence-electron chi connectivity index (χ0n) is 19.9. The molecule has 2 aromatic carbocycles. The van der Waals surface area contributed by atoms with Gasteiger partial charge < -0.3 is 5.32 Å². The Morgan fingerprint density at radius 2 is 1.54 bits per heavy atom. The molecule has 8 rings (SSSR count). The molecule has 0 spiro atoms. The lowest BCUT2D eigenvalue weighted by atomic mass is 9.48. The highest BCUT2D eigenvalue weighted by molar-refractivity contribution is 7.91. The third-order valence-corrected chi connectivity index (χ3v) is 10.8. The number of hydrogen-bond donors (Lipinski definition) is 1. The standard InChI is InChI=1S/C28H30N4O2S/c1-18(28-15-19-11-20(16-28)13-21(12-19)17-28)29-24-14-26-27(35(33,34)22-7-3-2-4-8-22)30-31-32(26)25-10-6-5-9-23(24)25/h2-10,14,18-21,29H,11-13,15-17H2,1H3/t18-,19?,20?,21?,28?/m1/s1. The van der Waals surface area contributed by atoms with Gasteiger partial charge in [0.05, 0.1) is 10.4 Å². The van der Waals surface area contributed by atoms with Gasteiger partial charge in [0.25, 0.3) is 0 Å². The molecule has 0 radical (unpaired) electrons. The van der Waals surface area contributed by atoms with Crippen molar-refractivity contribution < 1.29 is 8.42 Å². The first-order chi connectivity index (χ1) is 16.9. The third-order valence-electron chi connectivity index (χ3n) is 9.06. The van der Waals surface area contributed by atoms with Crippen molar-refractivity contribution in [3.05, 3.63) is 60.7 Å². The van der Waals surface area contributed by atoms with Gasteiger partial charge >= 0.3 is 0 Å². The number of benzene rings is 2. The smallest absolute Gasteiger partial charge is 0.227 e. The lowest BCUT2D eigenvalue weighted by molar-refractivity contribution is -0.0602. The number of anilines is 1. The van der Waals surface area contributed by atoms with Crippen LogP contribution in [0, 0.1) is 23.2 Å². The van der Waals surface area contributed by atoms with Crippen LogP contribution in [0.2, 0.25) is 0 Å². The number of pyridine rings is 1. The third kappa shape index (κ3) is 3.24. The van der Waals surface area contributed by atoms with Gasteiger partial charge in [0.1, 0.15) is 5.52 Å². The summed E-state index contributed by atoms with van der Waals surface area (Å²) in [7, 11) is -3.80. The topological polar surface area (TPSA) is 76.4 Å². The Labute approximate surface area is 205 Å². The van der Waals surface area contributed by atoms with Gasteiger partial charge in [0.15, 0.2) is 0 Å². The fraction of sp³-hybridized carbons (Fsp3) is 0.429. The summed E-state index contributed by atoms with van der Waals surface area (Å²) in [4.78, 5) is 0.229. The second-order valence-electron chi connectivity index (χ2n) is 11.2. The van der Waals surface area contributed by atoms with Crippen molar-refractivity contribution in [1.29, 1.82) is 0 Å². The zero-order valence-corrected chi connectivity index (χ0v) is 20.7. The quantitative estimate of drug-likeness (QED) is 0.390. The molecule has 180 valence electrons. The lowest BCUT2D eigenvalue weighted by Crippen LogP contribution is -2.52. The Morgan fingerprint density at radius 3 is 2.23 bits per heavy atom. The number of hydrogen-bond acceptors (Lipinski definition) is 5. The second-order valence-corrected chi connectivity index (χ2v) is 13.1. The summed E-state index contributed by atoms with van der Waals surface area (Å²) in [6, 6.07) is 18.8. The Bertz CT molecular complexity index is 1510. The van der Waals surface area contributed by atoms with Crippen LogP contribution in [0.15, 0.2) is 70.6 Å². The van der Waals surface area contributed by atoms with E-state index in [9.17, 15) is 8.42 Å². The second kappa shape index (κ2) is 7.53. The molecule has 0 aliphatic heterocycles. The summed E-state index contributed by atoms with van der Waals surface area (Å²) in [5.74, 6) is 2.64. The van der Waals surface area contributed by atoms with E-state index in [0.717, 1.165) is 34.3 Å². The maximum Gasteiger partial charge on any atom is 0.227 e. The Kier molecular flexibility index (Phi) is 4.60. The number of fused-ring (bicyclic) bond motifs is 3. The molecule has 4 saturated carbocycles. The van der Waals surface area contributed by atoms with Crippen LogP contribution in [-0.2, 0) is 9.84 Å². The van der Waals surface area contributed by atoms with Crippen molar-refractivity contribution in [2.24, 2.45) is 23.2 Å². The fourth-order valence-corrected chi connectivity index (χ4v) is 9.10. The molecule has 0 unspecified atom stereocenters. The van der Waals surface area contributed by atoms with Crippen molar-refractivity contribution in [2.75, 3.05) is 5.32 Å². The predicted molar refractivity (Wildman–Crippen MR) is 136 cm³/mol. The minimum Gasteiger partial charge on any atom is -0.381 e. The lowest BCUT2D eigenvalue weighted by Gasteiger charge is -2.59. The molecule has 1 atom stereocenters. The van der Waals surface area contributed by atoms with Crippen LogP contribution in [0.25, 0.3) is 16.4 Å². The number of para-hydroxylation sites is 1. The number of sulfone groups is 1. The first-order valence-corrected chi connectivity index (χ1v) is 14.3. The van der Waals surface area contributed by atoms with Crippen molar-refractivity contribution >= 4 is 31.9 Å². The van der Waals surface area contributed by atoms with E-state index in [1.807, 2.05) is 30.3 Å². The average molecular weight is 487 g/mol. The van der Waals surface area contributed by atoms with Gasteiger partial charge in [-0.3, -0.25) is 0 Å². The summed E-state index contributed by atoms with van der Waals surface area (Å²) in [5, 5.41) is 13.3. The summed E-state index contributed by atoms with van der Waals surface area (Å²) in [6.45, 7) is 2.34. The highest BCUT2D eigenvalue weighted by atomic mass is 32.2. The Morgan fingerprint density at radius 1 is 0.914 bits per heavy atom. The summed E-state index contributed by atoms with van der Waals surface area (Å²) in [6.07, 6.45) is 8.20. The van der Waals surface area contributed by atoms with Crippen molar-refractivity contribution in [3.8, 4) is 0 Å². The molecule has 2 heterocycles. The van der Waals surface area contributed by atoms with E-state index in [2.05, 4.69) is 28.6 Å². The van der Waals surface area contributed by atoms with Crippen LogP contribution >= 0.6 is 0 Å². The van der Waals surface area contributed by atoms with E-state index in [4.69, 9.17) is 0 Å². The SMILES string of the molecule is C[C@@H](Nc1cc2c(S(=O)(=O)c3ccccc3)nnn2c2ccccc12)C12CC3CC(CC(C3)C1)C2. The Balaban J connectivity index is 1.34. The molecule has 1 N–H and O–H groups in total. The molecule has 4 aliphatic carbocycles. The number of rotatable bonds is 5. The molecule has 4 aliphatic rings. The molecule has 4 aromatic rings. The van der Waals surface area contributed by atoms with E-state index in [1.165, 1.54) is 38.5 Å². The predicted octanol–water partition coefficient (Wildman–Crippen LogP) is 5.73. The summed E-state index contributed by atoms with van der Waals surface area (Å²) >= 11 is 0. The van der Waals surface area contributed by atoms with Crippen LogP contribution in [0.3, 0.4) is 0 Å². The fourth-order valence-electron chi connectivity index (χ4n) is 7.79. The van der Waals surface area contributed by atoms with Crippen LogP contribution in [0.4, 0.5) is 5.69 Å². The van der Waals surface area contributed by atoms with Crippen molar-refractivity contribution in [1.82, 2.24) is 14.8 Å². The molecule has 6 nitrogen and oxygen atoms in total. The first-order valence-electron chi connectivity index (χ1n) is 12.8. The highest BCUT2D eigenvalue weighted by Gasteiger charge is 2.53. The molecule has 2 aromatic heterocycles. The minimum absolute atomic E-state index is 0.0000365. The minimum atomic E-state index is -3.80. The van der Waals surface area contributed by atoms with Gasteiger partial charge in [-0.2, -0.15) is 0 Å². The molecule has 35 heavy (non-hydrogen) atoms. The number of nitrogens with zero attached hydrogens (tertiary/aromatic N) is 3. The van der Waals surface area contributed by atoms with Crippen LogP contribution in [0.1, 0.15) is 45.4 Å². The van der Waals surface area contributed by atoms with Crippen molar-refractivity contribution in [3.63, 3.8) is 0 Å².